The third kappa shape index (κ3) is 15.6. The standard InChI is InChI=1S/2C2HF3O2.H2O.Zn/c2*3-2(4,5)1(6)7;;/h2*(H,6,7);1H2;/q;;;+2/p-2. The van der Waals surface area contributed by atoms with Gasteiger partial charge in [0, 0.05) is 0 Å². The van der Waals surface area contributed by atoms with Crippen LogP contribution < -0.4 is 10.2 Å². The molecule has 0 aliphatic heterocycles. The van der Waals surface area contributed by atoms with E-state index in [0.29, 0.717) is 0 Å². The van der Waals surface area contributed by atoms with Crippen molar-refractivity contribution in [2.24, 2.45) is 0 Å². The third-order valence-electron chi connectivity index (χ3n) is 0.463. The Bertz CT molecular complexity index is 198. The molecule has 0 aliphatic rings. The summed E-state index contributed by atoms with van der Waals surface area (Å²) in [5, 5.41) is 17.6. The first-order valence-corrected chi connectivity index (χ1v) is 2.45. The second kappa shape index (κ2) is 8.28. The Labute approximate surface area is 96.1 Å². The topological polar surface area (TPSA) is 112 Å². The molecule has 0 rings (SSSR count). The van der Waals surface area contributed by atoms with Gasteiger partial charge in [-0.2, -0.15) is 26.3 Å². The van der Waals surface area contributed by atoms with E-state index in [-0.39, 0.29) is 25.0 Å². The average Bonchev–Trinajstić information content (AvgIpc) is 1.83. The molecular weight excluding hydrogens is 307 g/mol. The van der Waals surface area contributed by atoms with Crippen molar-refractivity contribution in [1.82, 2.24) is 0 Å². The molecule has 92 valence electrons. The Morgan fingerprint density at radius 2 is 0.812 bits per heavy atom. The number of carboxylic acids is 2. The van der Waals surface area contributed by atoms with Crippen LogP contribution in [0.3, 0.4) is 0 Å². The van der Waals surface area contributed by atoms with Gasteiger partial charge in [-0.3, -0.25) is 0 Å². The summed E-state index contributed by atoms with van der Waals surface area (Å²) in [5.41, 5.74) is 0. The minimum atomic E-state index is -5.19. The molecule has 0 heterocycles. The maximum absolute atomic E-state index is 10.5. The van der Waals surface area contributed by atoms with Gasteiger partial charge >= 0.3 is 31.8 Å². The third-order valence-corrected chi connectivity index (χ3v) is 0.463. The summed E-state index contributed by atoms with van der Waals surface area (Å²) >= 11 is 0. The Hall–Kier alpha value is -0.897. The van der Waals surface area contributed by atoms with Crippen LogP contribution in [0, 0.1) is 0 Å². The quantitative estimate of drug-likeness (QED) is 0.372. The van der Waals surface area contributed by atoms with Gasteiger partial charge in [0.05, 0.1) is 0 Å². The molecule has 0 aromatic carbocycles. The van der Waals surface area contributed by atoms with Crippen LogP contribution >= 0.6 is 0 Å². The second-order valence-corrected chi connectivity index (χ2v) is 1.57. The van der Waals surface area contributed by atoms with Crippen molar-refractivity contribution < 1.29 is 71.1 Å². The Kier molecular flexibility index (Phi) is 12.6. The van der Waals surface area contributed by atoms with Gasteiger partial charge in [-0.25, -0.2) is 0 Å². The molecule has 0 fully saturated rings. The van der Waals surface area contributed by atoms with E-state index in [9.17, 15) is 26.3 Å². The molecule has 0 saturated carbocycles. The van der Waals surface area contributed by atoms with Gasteiger partial charge in [-0.1, -0.05) is 0 Å². The minimum absolute atomic E-state index is 0. The average molecular weight is 309 g/mol. The molecule has 0 aliphatic carbocycles. The van der Waals surface area contributed by atoms with Crippen molar-refractivity contribution in [3.05, 3.63) is 0 Å². The van der Waals surface area contributed by atoms with Crippen LogP contribution in [0.15, 0.2) is 0 Å². The van der Waals surface area contributed by atoms with Crippen LogP contribution in [-0.2, 0) is 29.1 Å². The smallest absolute Gasteiger partial charge is 0.542 e. The van der Waals surface area contributed by atoms with Gasteiger partial charge in [0.1, 0.15) is 11.9 Å². The monoisotopic (exact) mass is 308 g/mol. The van der Waals surface area contributed by atoms with Crippen LogP contribution in [0.25, 0.3) is 0 Å². The molecule has 0 bridgehead atoms. The maximum atomic E-state index is 10.5. The summed E-state index contributed by atoms with van der Waals surface area (Å²) in [6.07, 6.45) is -10.4. The van der Waals surface area contributed by atoms with E-state index < -0.39 is 24.3 Å². The Morgan fingerprint density at radius 3 is 0.812 bits per heavy atom. The molecule has 0 aromatic rings. The number of rotatable bonds is 0. The number of carbonyl (C=O) groups excluding carboxylic acids is 2. The van der Waals surface area contributed by atoms with Crippen molar-refractivity contribution in [2.75, 3.05) is 0 Å². The van der Waals surface area contributed by atoms with Gasteiger partial charge in [0.15, 0.2) is 0 Å². The summed E-state index contributed by atoms with van der Waals surface area (Å²) in [4.78, 5) is 17.6. The van der Waals surface area contributed by atoms with Crippen molar-refractivity contribution in [3.63, 3.8) is 0 Å². The van der Waals surface area contributed by atoms with E-state index >= 15 is 0 Å². The van der Waals surface area contributed by atoms with Crippen LogP contribution in [0.5, 0.6) is 0 Å². The molecule has 12 heteroatoms. The largest absolute Gasteiger partial charge is 2.00 e. The molecule has 5 nitrogen and oxygen atoms in total. The summed E-state index contributed by atoms with van der Waals surface area (Å²) < 4.78 is 63.1. The first kappa shape index (κ1) is 24.4. The molecule has 2 N–H and O–H groups in total. The zero-order valence-corrected chi connectivity index (χ0v) is 10.1. The molecule has 0 saturated heterocycles. The fourth-order valence-corrected chi connectivity index (χ4v) is 0. The predicted octanol–water partition coefficient (Wildman–Crippen LogP) is -2.23. The molecule has 0 radical (unpaired) electrons. The van der Waals surface area contributed by atoms with Crippen molar-refractivity contribution in [1.29, 1.82) is 0 Å². The fraction of sp³-hybridized carbons (Fsp3) is 0.500. The van der Waals surface area contributed by atoms with Crippen LogP contribution in [-0.4, -0.2) is 29.8 Å². The van der Waals surface area contributed by atoms with E-state index in [2.05, 4.69) is 0 Å². The number of hydrogen-bond acceptors (Lipinski definition) is 4. The van der Waals surface area contributed by atoms with E-state index in [0.717, 1.165) is 0 Å². The first-order valence-electron chi connectivity index (χ1n) is 2.45. The van der Waals surface area contributed by atoms with Gasteiger partial charge in [0.25, 0.3) is 0 Å². The zero-order valence-electron chi connectivity index (χ0n) is 7.11. The molecule has 0 spiro atoms. The number of hydrogen-bond donors (Lipinski definition) is 0. The van der Waals surface area contributed by atoms with E-state index in [1.807, 2.05) is 0 Å². The van der Waals surface area contributed by atoms with Crippen molar-refractivity contribution >= 4 is 11.9 Å². The van der Waals surface area contributed by atoms with Gasteiger partial charge in [0.2, 0.25) is 0 Å². The van der Waals surface area contributed by atoms with Gasteiger partial charge in [-0.05, 0) is 0 Å². The van der Waals surface area contributed by atoms with Crippen LogP contribution in [0.1, 0.15) is 0 Å². The second-order valence-electron chi connectivity index (χ2n) is 1.57. The Morgan fingerprint density at radius 1 is 0.750 bits per heavy atom. The summed E-state index contributed by atoms with van der Waals surface area (Å²) in [5.74, 6) is -6.01. The number of carbonyl (C=O) groups is 2. The molecular formula is C4H2F6O5Zn. The summed E-state index contributed by atoms with van der Waals surface area (Å²) in [6.45, 7) is 0. The van der Waals surface area contributed by atoms with Crippen LogP contribution in [0.4, 0.5) is 26.3 Å². The SMILES string of the molecule is O.O=C([O-])C(F)(F)F.O=C([O-])C(F)(F)F.[Zn+2]. The molecule has 16 heavy (non-hydrogen) atoms. The van der Waals surface area contributed by atoms with Crippen LogP contribution in [0.2, 0.25) is 0 Å². The number of aliphatic carboxylic acids is 2. The van der Waals surface area contributed by atoms with Gasteiger partial charge < -0.3 is 25.3 Å². The normalized spacial score (nSPS) is 9.88. The van der Waals surface area contributed by atoms with E-state index in [4.69, 9.17) is 19.8 Å². The van der Waals surface area contributed by atoms with Crippen molar-refractivity contribution in [2.45, 2.75) is 12.4 Å². The number of carboxylic acid groups (broad SMARTS) is 2. The summed E-state index contributed by atoms with van der Waals surface area (Å²) in [6, 6.07) is 0. The van der Waals surface area contributed by atoms with E-state index in [1.54, 1.807) is 0 Å². The molecule has 0 atom stereocenters. The molecule has 0 aromatic heterocycles. The summed E-state index contributed by atoms with van der Waals surface area (Å²) in [7, 11) is 0. The molecule has 0 amide bonds. The zero-order chi connectivity index (χ0) is 12.2. The van der Waals surface area contributed by atoms with Gasteiger partial charge in [-0.15, -0.1) is 0 Å². The number of alkyl halides is 6. The number of halogens is 6. The predicted molar refractivity (Wildman–Crippen MR) is 25.7 cm³/mol. The fourth-order valence-electron chi connectivity index (χ4n) is 0. The Balaban J connectivity index is -0.0000000800. The first-order chi connectivity index (χ1) is 5.89. The van der Waals surface area contributed by atoms with Crippen molar-refractivity contribution in [3.8, 4) is 0 Å². The van der Waals surface area contributed by atoms with E-state index in [1.165, 1.54) is 0 Å². The minimum Gasteiger partial charge on any atom is -0.542 e. The molecule has 0 unspecified atom stereocenters. The maximum Gasteiger partial charge on any atom is 2.00 e.